The Bertz CT molecular complexity index is 797. The summed E-state index contributed by atoms with van der Waals surface area (Å²) in [5.41, 5.74) is 0.758. The van der Waals surface area contributed by atoms with Gasteiger partial charge >= 0.3 is 0 Å². The minimum atomic E-state index is -0.333. The van der Waals surface area contributed by atoms with Gasteiger partial charge in [0.05, 0.1) is 11.1 Å². The molecule has 2 saturated heterocycles. The molecule has 6 nitrogen and oxygen atoms in total. The summed E-state index contributed by atoms with van der Waals surface area (Å²) in [4.78, 5) is 28.9. The number of hydrogen-bond donors (Lipinski definition) is 0. The molecule has 0 aliphatic carbocycles. The number of nitrogens with zero attached hydrogens (tertiary/aromatic N) is 5. The van der Waals surface area contributed by atoms with Crippen LogP contribution in [0.4, 0.5) is 5.82 Å². The molecule has 0 radical (unpaired) electrons. The summed E-state index contributed by atoms with van der Waals surface area (Å²) in [7, 11) is 3.77. The molecular formula is C22H29N5O. The molecule has 28 heavy (non-hydrogen) atoms. The molecular weight excluding hydrogens is 350 g/mol. The molecule has 6 heteroatoms. The van der Waals surface area contributed by atoms with E-state index in [1.54, 1.807) is 4.90 Å². The van der Waals surface area contributed by atoms with Gasteiger partial charge in [0.2, 0.25) is 5.91 Å². The van der Waals surface area contributed by atoms with E-state index in [4.69, 9.17) is 0 Å². The van der Waals surface area contributed by atoms with Crippen LogP contribution in [0.1, 0.15) is 18.5 Å². The first-order chi connectivity index (χ1) is 13.6. The minimum Gasteiger partial charge on any atom is -0.355 e. The van der Waals surface area contributed by atoms with Crippen LogP contribution in [0.3, 0.4) is 0 Å². The Labute approximate surface area is 167 Å². The van der Waals surface area contributed by atoms with Gasteiger partial charge in [-0.25, -0.2) is 4.98 Å². The van der Waals surface area contributed by atoms with Gasteiger partial charge in [0.15, 0.2) is 0 Å². The van der Waals surface area contributed by atoms with Crippen LogP contribution in [0.15, 0.2) is 48.8 Å². The smallest absolute Gasteiger partial charge is 0.230 e. The number of aromatic nitrogens is 2. The van der Waals surface area contributed by atoms with E-state index in [0.717, 1.165) is 57.1 Å². The highest BCUT2D eigenvalue weighted by atomic mass is 16.2. The molecule has 4 heterocycles. The van der Waals surface area contributed by atoms with E-state index < -0.39 is 0 Å². The zero-order valence-electron chi connectivity index (χ0n) is 16.8. The second kappa shape index (κ2) is 7.87. The predicted molar refractivity (Wildman–Crippen MR) is 110 cm³/mol. The van der Waals surface area contributed by atoms with Gasteiger partial charge in [-0.15, -0.1) is 0 Å². The van der Waals surface area contributed by atoms with E-state index in [2.05, 4.69) is 25.8 Å². The zero-order valence-corrected chi connectivity index (χ0v) is 16.8. The number of fused-ring (bicyclic) bond motifs is 1. The molecule has 0 N–H and O–H groups in total. The van der Waals surface area contributed by atoms with Crippen molar-refractivity contribution in [1.82, 2.24) is 19.8 Å². The molecule has 0 saturated carbocycles. The third kappa shape index (κ3) is 3.61. The minimum absolute atomic E-state index is 0.260. The van der Waals surface area contributed by atoms with Gasteiger partial charge in [-0.05, 0) is 43.7 Å². The maximum absolute atomic E-state index is 13.3. The Morgan fingerprint density at radius 2 is 1.93 bits per heavy atom. The Balaban J connectivity index is 1.60. The summed E-state index contributed by atoms with van der Waals surface area (Å²) in [6, 6.07) is 12.1. The largest absolute Gasteiger partial charge is 0.355 e. The topological polar surface area (TPSA) is 52.6 Å². The van der Waals surface area contributed by atoms with Crippen LogP contribution >= 0.6 is 0 Å². The number of anilines is 1. The molecule has 4 rings (SSSR count). The Hall–Kier alpha value is -2.47. The molecule has 2 atom stereocenters. The number of hydrogen-bond acceptors (Lipinski definition) is 5. The molecule has 0 aromatic carbocycles. The standard InChI is InChI=1S/C22H29N5O/c1-25(2)21(28)22-10-7-13-26(16-19-8-3-5-11-23-19)14-18(22)15-27(17-22)20-9-4-6-12-24-20/h3-6,8-9,11-12,18H,7,10,13-17H2,1-2H3/t18-,22+/m1/s1. The lowest BCUT2D eigenvalue weighted by Gasteiger charge is -2.34. The first kappa shape index (κ1) is 18.9. The second-order valence-electron chi connectivity index (χ2n) is 8.28. The number of pyridine rings is 2. The first-order valence-corrected chi connectivity index (χ1v) is 10.1. The Morgan fingerprint density at radius 1 is 1.14 bits per heavy atom. The fourth-order valence-electron chi connectivity index (χ4n) is 4.89. The lowest BCUT2D eigenvalue weighted by Crippen LogP contribution is -2.47. The number of carbonyl (C=O) groups excluding carboxylic acids is 1. The summed E-state index contributed by atoms with van der Waals surface area (Å²) < 4.78 is 0. The number of likely N-dealkylation sites (tertiary alicyclic amines) is 1. The second-order valence-corrected chi connectivity index (χ2v) is 8.28. The summed E-state index contributed by atoms with van der Waals surface area (Å²) in [5.74, 6) is 1.52. The van der Waals surface area contributed by atoms with Crippen molar-refractivity contribution in [2.24, 2.45) is 11.3 Å². The van der Waals surface area contributed by atoms with Gasteiger partial charge in [0, 0.05) is 58.6 Å². The average molecular weight is 380 g/mol. The van der Waals surface area contributed by atoms with E-state index in [1.807, 2.05) is 56.8 Å². The summed E-state index contributed by atoms with van der Waals surface area (Å²) >= 11 is 0. The lowest BCUT2D eigenvalue weighted by molar-refractivity contribution is -0.141. The predicted octanol–water partition coefficient (Wildman–Crippen LogP) is 2.28. The van der Waals surface area contributed by atoms with Crippen molar-refractivity contribution in [2.75, 3.05) is 45.2 Å². The lowest BCUT2D eigenvalue weighted by atomic mass is 9.74. The first-order valence-electron chi connectivity index (χ1n) is 10.1. The normalized spacial score (nSPS) is 25.2. The third-order valence-electron chi connectivity index (χ3n) is 6.19. The fourth-order valence-corrected chi connectivity index (χ4v) is 4.89. The van der Waals surface area contributed by atoms with Crippen LogP contribution < -0.4 is 4.90 Å². The highest BCUT2D eigenvalue weighted by Gasteiger charge is 2.53. The highest BCUT2D eigenvalue weighted by molar-refractivity contribution is 5.84. The van der Waals surface area contributed by atoms with Crippen LogP contribution in [0, 0.1) is 11.3 Å². The van der Waals surface area contributed by atoms with Crippen LogP contribution in [0.2, 0.25) is 0 Å². The van der Waals surface area contributed by atoms with Gasteiger partial charge in [-0.2, -0.15) is 0 Å². The zero-order chi connectivity index (χ0) is 19.6. The molecule has 2 aliphatic heterocycles. The summed E-state index contributed by atoms with van der Waals surface area (Å²) in [5, 5.41) is 0. The molecule has 148 valence electrons. The molecule has 1 amide bonds. The maximum atomic E-state index is 13.3. The molecule has 0 unspecified atom stereocenters. The Morgan fingerprint density at radius 3 is 2.61 bits per heavy atom. The number of carbonyl (C=O) groups is 1. The molecule has 0 bridgehead atoms. The van der Waals surface area contributed by atoms with E-state index in [9.17, 15) is 4.79 Å². The molecule has 2 fully saturated rings. The van der Waals surface area contributed by atoms with Crippen LogP contribution in [-0.4, -0.2) is 65.9 Å². The van der Waals surface area contributed by atoms with Crippen molar-refractivity contribution in [3.05, 3.63) is 54.5 Å². The molecule has 0 spiro atoms. The SMILES string of the molecule is CN(C)C(=O)[C@]12CCCN(Cc3ccccn3)C[C@@H]1CN(c1ccccn1)C2. The summed E-state index contributed by atoms with van der Waals surface area (Å²) in [6.45, 7) is 4.39. The highest BCUT2D eigenvalue weighted by Crippen LogP contribution is 2.45. The number of amides is 1. The molecule has 2 aliphatic rings. The van der Waals surface area contributed by atoms with Crippen LogP contribution in [-0.2, 0) is 11.3 Å². The van der Waals surface area contributed by atoms with Crippen LogP contribution in [0.5, 0.6) is 0 Å². The van der Waals surface area contributed by atoms with E-state index in [1.165, 1.54) is 0 Å². The van der Waals surface area contributed by atoms with Crippen molar-refractivity contribution in [3.63, 3.8) is 0 Å². The van der Waals surface area contributed by atoms with Crippen molar-refractivity contribution in [3.8, 4) is 0 Å². The molecule has 2 aromatic rings. The van der Waals surface area contributed by atoms with Crippen LogP contribution in [0.25, 0.3) is 0 Å². The third-order valence-corrected chi connectivity index (χ3v) is 6.19. The quantitative estimate of drug-likeness (QED) is 0.816. The maximum Gasteiger partial charge on any atom is 0.230 e. The molecule has 2 aromatic heterocycles. The van der Waals surface area contributed by atoms with Crippen molar-refractivity contribution >= 4 is 11.7 Å². The van der Waals surface area contributed by atoms with E-state index in [-0.39, 0.29) is 17.2 Å². The van der Waals surface area contributed by atoms with Gasteiger partial charge in [-0.1, -0.05) is 12.1 Å². The van der Waals surface area contributed by atoms with Crippen molar-refractivity contribution < 1.29 is 4.79 Å². The summed E-state index contributed by atoms with van der Waals surface area (Å²) in [6.07, 6.45) is 5.64. The van der Waals surface area contributed by atoms with E-state index in [0.29, 0.717) is 0 Å². The monoisotopic (exact) mass is 379 g/mol. The van der Waals surface area contributed by atoms with Gasteiger partial charge in [0.1, 0.15) is 5.82 Å². The number of rotatable bonds is 4. The fraction of sp³-hybridized carbons (Fsp3) is 0.500. The average Bonchev–Trinajstić information content (AvgIpc) is 2.99. The van der Waals surface area contributed by atoms with Gasteiger partial charge in [0.25, 0.3) is 0 Å². The van der Waals surface area contributed by atoms with E-state index >= 15 is 0 Å². The van der Waals surface area contributed by atoms with Crippen molar-refractivity contribution in [2.45, 2.75) is 19.4 Å². The van der Waals surface area contributed by atoms with Gasteiger partial charge < -0.3 is 9.80 Å². The van der Waals surface area contributed by atoms with Gasteiger partial charge in [-0.3, -0.25) is 14.7 Å². The van der Waals surface area contributed by atoms with Crippen molar-refractivity contribution in [1.29, 1.82) is 0 Å². The Kier molecular flexibility index (Phi) is 5.31.